The van der Waals surface area contributed by atoms with E-state index >= 15 is 0 Å². The number of halogens is 2. The molecule has 2 fully saturated rings. The maximum absolute atomic E-state index is 13.8. The minimum atomic E-state index is -1.01. The van der Waals surface area contributed by atoms with Gasteiger partial charge in [-0.25, -0.2) is 8.78 Å². The molecule has 0 spiro atoms. The lowest BCUT2D eigenvalue weighted by molar-refractivity contribution is -0.141. The van der Waals surface area contributed by atoms with Gasteiger partial charge < -0.3 is 25.2 Å². The van der Waals surface area contributed by atoms with Crippen molar-refractivity contribution in [3.05, 3.63) is 29.8 Å². The van der Waals surface area contributed by atoms with Crippen LogP contribution in [0.5, 0.6) is 5.75 Å². The number of carbonyl (C=O) groups is 3. The number of hydrogen-bond donors (Lipinski definition) is 2. The topological polar surface area (TPSA) is 91.0 Å². The van der Waals surface area contributed by atoms with Crippen LogP contribution in [0.25, 0.3) is 0 Å². The van der Waals surface area contributed by atoms with Crippen LogP contribution >= 0.6 is 0 Å². The van der Waals surface area contributed by atoms with Crippen LogP contribution in [-0.4, -0.2) is 78.4 Å². The Hall–Kier alpha value is -2.75. The SMILES string of the molecule is CN[C@@H](C)C(=O)N[C@H](C(=O)N1CC[C@@H]2[C@H]1[C@@H](COc1ccc(F)c(F)c1)CN2C(C)=O)C(C)(C)C. The number of nitrogens with zero attached hydrogens (tertiary/aromatic N) is 2. The summed E-state index contributed by atoms with van der Waals surface area (Å²) >= 11 is 0. The number of nitrogens with one attached hydrogen (secondary N) is 2. The summed E-state index contributed by atoms with van der Waals surface area (Å²) in [5, 5.41) is 5.78. The van der Waals surface area contributed by atoms with E-state index in [1.54, 1.807) is 23.8 Å². The molecular weight excluding hydrogens is 458 g/mol. The summed E-state index contributed by atoms with van der Waals surface area (Å²) < 4.78 is 32.7. The highest BCUT2D eigenvalue weighted by Gasteiger charge is 2.53. The maximum Gasteiger partial charge on any atom is 0.246 e. The number of hydrogen-bond acceptors (Lipinski definition) is 5. The third-order valence-corrected chi connectivity index (χ3v) is 7.00. The fourth-order valence-electron chi connectivity index (χ4n) is 4.96. The van der Waals surface area contributed by atoms with Crippen molar-refractivity contribution in [1.82, 2.24) is 20.4 Å². The first-order valence-corrected chi connectivity index (χ1v) is 12.0. The van der Waals surface area contributed by atoms with Crippen molar-refractivity contribution >= 4 is 17.7 Å². The van der Waals surface area contributed by atoms with E-state index in [2.05, 4.69) is 10.6 Å². The van der Waals surface area contributed by atoms with E-state index in [-0.39, 0.29) is 48.1 Å². The third kappa shape index (κ3) is 5.74. The van der Waals surface area contributed by atoms with E-state index in [9.17, 15) is 23.2 Å². The second kappa shape index (κ2) is 10.5. The molecule has 0 aromatic heterocycles. The zero-order chi connectivity index (χ0) is 26.1. The smallest absolute Gasteiger partial charge is 0.246 e. The summed E-state index contributed by atoms with van der Waals surface area (Å²) in [5.74, 6) is -2.58. The molecule has 1 aromatic carbocycles. The van der Waals surface area contributed by atoms with Gasteiger partial charge in [-0.1, -0.05) is 20.8 Å². The summed E-state index contributed by atoms with van der Waals surface area (Å²) in [4.78, 5) is 42.3. The van der Waals surface area contributed by atoms with Crippen LogP contribution in [0.1, 0.15) is 41.0 Å². The van der Waals surface area contributed by atoms with Gasteiger partial charge in [-0.2, -0.15) is 0 Å². The Balaban J connectivity index is 1.83. The molecule has 2 aliphatic heterocycles. The van der Waals surface area contributed by atoms with Gasteiger partial charge in [-0.05, 0) is 37.9 Å². The van der Waals surface area contributed by atoms with Crippen molar-refractivity contribution in [3.8, 4) is 5.75 Å². The second-order valence-electron chi connectivity index (χ2n) is 10.5. The zero-order valence-electron chi connectivity index (χ0n) is 21.2. The van der Waals surface area contributed by atoms with Crippen molar-refractivity contribution < 1.29 is 27.9 Å². The largest absolute Gasteiger partial charge is 0.493 e. The molecule has 1 aromatic rings. The number of benzene rings is 1. The van der Waals surface area contributed by atoms with E-state index in [1.807, 2.05) is 20.8 Å². The van der Waals surface area contributed by atoms with Crippen molar-refractivity contribution in [2.24, 2.45) is 11.3 Å². The molecule has 0 unspecified atom stereocenters. The second-order valence-corrected chi connectivity index (χ2v) is 10.5. The quantitative estimate of drug-likeness (QED) is 0.605. The Morgan fingerprint density at radius 2 is 1.86 bits per heavy atom. The lowest BCUT2D eigenvalue weighted by atomic mass is 9.85. The van der Waals surface area contributed by atoms with Gasteiger partial charge in [0.1, 0.15) is 11.8 Å². The van der Waals surface area contributed by atoms with Gasteiger partial charge in [0.2, 0.25) is 17.7 Å². The molecule has 2 saturated heterocycles. The van der Waals surface area contributed by atoms with Crippen LogP contribution in [0.4, 0.5) is 8.78 Å². The molecule has 35 heavy (non-hydrogen) atoms. The van der Waals surface area contributed by atoms with Crippen LogP contribution in [0.15, 0.2) is 18.2 Å². The Morgan fingerprint density at radius 1 is 1.17 bits per heavy atom. The van der Waals surface area contributed by atoms with E-state index < -0.39 is 29.1 Å². The van der Waals surface area contributed by atoms with Gasteiger partial charge in [-0.15, -0.1) is 0 Å². The predicted molar refractivity (Wildman–Crippen MR) is 127 cm³/mol. The fourth-order valence-corrected chi connectivity index (χ4v) is 4.96. The number of carbonyl (C=O) groups excluding carboxylic acids is 3. The highest BCUT2D eigenvalue weighted by atomic mass is 19.2. The first kappa shape index (κ1) is 26.8. The lowest BCUT2D eigenvalue weighted by Gasteiger charge is -2.37. The van der Waals surface area contributed by atoms with Gasteiger partial charge in [0.25, 0.3) is 0 Å². The molecular formula is C25H36F2N4O4. The summed E-state index contributed by atoms with van der Waals surface area (Å²) in [6.45, 7) is 9.87. The molecule has 3 amide bonds. The lowest BCUT2D eigenvalue weighted by Crippen LogP contribution is -2.59. The summed E-state index contributed by atoms with van der Waals surface area (Å²) in [7, 11) is 1.68. The minimum absolute atomic E-state index is 0.0897. The van der Waals surface area contributed by atoms with E-state index in [0.29, 0.717) is 19.5 Å². The summed E-state index contributed by atoms with van der Waals surface area (Å²) in [6, 6.07) is 1.63. The number of likely N-dealkylation sites (tertiary alicyclic amines) is 2. The molecule has 2 aliphatic rings. The van der Waals surface area contributed by atoms with Crippen LogP contribution in [0, 0.1) is 23.0 Å². The van der Waals surface area contributed by atoms with E-state index in [0.717, 1.165) is 12.1 Å². The number of likely N-dealkylation sites (N-methyl/N-ethyl adjacent to an activating group) is 1. The normalized spacial score (nSPS) is 23.6. The first-order chi connectivity index (χ1) is 16.3. The van der Waals surface area contributed by atoms with Gasteiger partial charge >= 0.3 is 0 Å². The minimum Gasteiger partial charge on any atom is -0.493 e. The summed E-state index contributed by atoms with van der Waals surface area (Å²) in [6.07, 6.45) is 0.620. The van der Waals surface area contributed by atoms with Crippen molar-refractivity contribution in [1.29, 1.82) is 0 Å². The molecule has 3 rings (SSSR count). The average Bonchev–Trinajstić information content (AvgIpc) is 3.37. The fraction of sp³-hybridized carbons (Fsp3) is 0.640. The van der Waals surface area contributed by atoms with Gasteiger partial charge in [0.05, 0.1) is 24.7 Å². The van der Waals surface area contributed by atoms with Crippen molar-refractivity contribution in [3.63, 3.8) is 0 Å². The Kier molecular flexibility index (Phi) is 8.03. The highest BCUT2D eigenvalue weighted by molar-refractivity contribution is 5.90. The monoisotopic (exact) mass is 494 g/mol. The van der Waals surface area contributed by atoms with Crippen molar-refractivity contribution in [2.45, 2.75) is 65.2 Å². The zero-order valence-corrected chi connectivity index (χ0v) is 21.2. The number of amides is 3. The Labute approximate surface area is 205 Å². The van der Waals surface area contributed by atoms with Crippen LogP contribution in [-0.2, 0) is 14.4 Å². The van der Waals surface area contributed by atoms with Gasteiger partial charge in [-0.3, -0.25) is 14.4 Å². The van der Waals surface area contributed by atoms with Gasteiger partial charge in [0, 0.05) is 32.0 Å². The Morgan fingerprint density at radius 3 is 2.43 bits per heavy atom. The maximum atomic E-state index is 13.8. The van der Waals surface area contributed by atoms with Crippen molar-refractivity contribution in [2.75, 3.05) is 26.7 Å². The van der Waals surface area contributed by atoms with E-state index in [4.69, 9.17) is 4.74 Å². The van der Waals surface area contributed by atoms with E-state index in [1.165, 1.54) is 13.0 Å². The standard InChI is InChI=1S/C25H36F2N4O4/c1-14(28-6)23(33)29-22(25(3,4)5)24(34)30-10-9-20-21(30)16(12-31(20)15(2)32)13-35-17-7-8-18(26)19(27)11-17/h7-8,11,14,16,20-22,28H,9-10,12-13H2,1-6H3,(H,29,33)/t14-,16+,20+,21+,22+/m0/s1. The molecule has 2 heterocycles. The third-order valence-electron chi connectivity index (χ3n) is 7.00. The molecule has 5 atom stereocenters. The molecule has 10 heteroatoms. The number of rotatable bonds is 7. The molecule has 194 valence electrons. The number of fused-ring (bicyclic) bond motifs is 1. The number of ether oxygens (including phenoxy) is 1. The molecule has 0 saturated carbocycles. The summed E-state index contributed by atoms with van der Waals surface area (Å²) in [5.41, 5.74) is -0.547. The molecule has 8 nitrogen and oxygen atoms in total. The molecule has 0 radical (unpaired) electrons. The first-order valence-electron chi connectivity index (χ1n) is 12.0. The van der Waals surface area contributed by atoms with Crippen LogP contribution in [0.3, 0.4) is 0 Å². The molecule has 0 bridgehead atoms. The highest BCUT2D eigenvalue weighted by Crippen LogP contribution is 2.37. The van der Waals surface area contributed by atoms with Crippen LogP contribution < -0.4 is 15.4 Å². The molecule has 0 aliphatic carbocycles. The average molecular weight is 495 g/mol. The predicted octanol–water partition coefficient (Wildman–Crippen LogP) is 1.93. The molecule has 2 N–H and O–H groups in total. The van der Waals surface area contributed by atoms with Crippen LogP contribution in [0.2, 0.25) is 0 Å². The Bertz CT molecular complexity index is 967. The van der Waals surface area contributed by atoms with Gasteiger partial charge in [0.15, 0.2) is 11.6 Å².